The largest absolute Gasteiger partial charge is 0.354 e. The minimum Gasteiger partial charge on any atom is -0.354 e. The third-order valence-electron chi connectivity index (χ3n) is 4.74. The molecule has 1 aliphatic heterocycles. The van der Waals surface area contributed by atoms with E-state index in [1.54, 1.807) is 19.2 Å². The van der Waals surface area contributed by atoms with Crippen LogP contribution >= 0.6 is 24.0 Å². The van der Waals surface area contributed by atoms with Crippen LogP contribution in [0.25, 0.3) is 0 Å². The average Bonchev–Trinajstić information content (AvgIpc) is 3.44. The molecule has 0 unspecified atom stereocenters. The topological polar surface area (TPSA) is 82.8 Å². The van der Waals surface area contributed by atoms with Crippen LogP contribution < -0.4 is 10.6 Å². The van der Waals surface area contributed by atoms with E-state index in [0.29, 0.717) is 12.6 Å². The van der Waals surface area contributed by atoms with Gasteiger partial charge in [-0.3, -0.25) is 15.1 Å². The Morgan fingerprint density at radius 2 is 2.04 bits per heavy atom. The number of guanidine groups is 1. The number of benzene rings is 1. The molecule has 0 atom stereocenters. The Morgan fingerprint density at radius 3 is 2.64 bits per heavy atom. The van der Waals surface area contributed by atoms with E-state index < -0.39 is 0 Å². The Kier molecular flexibility index (Phi) is 7.42. The van der Waals surface area contributed by atoms with E-state index in [9.17, 15) is 10.1 Å². The second-order valence-electron chi connectivity index (χ2n) is 6.54. The lowest BCUT2D eigenvalue weighted by molar-refractivity contribution is -0.384. The second-order valence-corrected chi connectivity index (χ2v) is 6.54. The van der Waals surface area contributed by atoms with Crippen LogP contribution in [0.15, 0.2) is 29.3 Å². The molecule has 0 spiro atoms. The first-order chi connectivity index (χ1) is 11.7. The van der Waals surface area contributed by atoms with Crippen molar-refractivity contribution in [3.8, 4) is 0 Å². The molecule has 3 rings (SSSR count). The highest BCUT2D eigenvalue weighted by Crippen LogP contribution is 2.29. The molecule has 0 amide bonds. The lowest BCUT2D eigenvalue weighted by Gasteiger charge is -2.33. The van der Waals surface area contributed by atoms with E-state index in [2.05, 4.69) is 20.5 Å². The Balaban J connectivity index is 0.00000225. The zero-order chi connectivity index (χ0) is 16.9. The lowest BCUT2D eigenvalue weighted by Crippen LogP contribution is -2.48. The average molecular weight is 459 g/mol. The van der Waals surface area contributed by atoms with Gasteiger partial charge < -0.3 is 15.5 Å². The van der Waals surface area contributed by atoms with Gasteiger partial charge in [-0.15, -0.1) is 24.0 Å². The summed E-state index contributed by atoms with van der Waals surface area (Å²) in [6.45, 7) is 2.83. The van der Waals surface area contributed by atoms with Crippen LogP contribution in [0.5, 0.6) is 0 Å². The normalized spacial score (nSPS) is 19.2. The van der Waals surface area contributed by atoms with Gasteiger partial charge in [-0.1, -0.05) is 12.1 Å². The number of rotatable bonds is 5. The molecule has 8 heteroatoms. The van der Waals surface area contributed by atoms with Gasteiger partial charge in [-0.2, -0.15) is 0 Å². The molecule has 1 aromatic carbocycles. The summed E-state index contributed by atoms with van der Waals surface area (Å²) in [5.41, 5.74) is 0.986. The predicted molar refractivity (Wildman–Crippen MR) is 109 cm³/mol. The molecule has 1 aromatic rings. The maximum atomic E-state index is 10.8. The quantitative estimate of drug-likeness (QED) is 0.233. The number of halogens is 1. The molecule has 2 aliphatic rings. The molecule has 1 saturated carbocycles. The van der Waals surface area contributed by atoms with Crippen LogP contribution in [0.3, 0.4) is 0 Å². The number of nitrogens with zero attached hydrogens (tertiary/aromatic N) is 3. The Labute approximate surface area is 165 Å². The standard InChI is InChI=1S/C17H25N5O2.HI/c1-18-17(19-12-13-3-2-4-16(11-13)22(23)24)20-14-7-9-21(10-8-14)15-5-6-15;/h2-4,11,14-15H,5-10,12H2,1H3,(H2,18,19,20);1H. The van der Waals surface area contributed by atoms with Crippen molar-refractivity contribution >= 4 is 35.6 Å². The fourth-order valence-electron chi connectivity index (χ4n) is 3.20. The smallest absolute Gasteiger partial charge is 0.269 e. The van der Waals surface area contributed by atoms with Gasteiger partial charge in [0.1, 0.15) is 0 Å². The number of hydrogen-bond acceptors (Lipinski definition) is 4. The first kappa shape index (κ1) is 19.9. The van der Waals surface area contributed by atoms with Crippen LogP contribution in [-0.2, 0) is 6.54 Å². The van der Waals surface area contributed by atoms with Gasteiger partial charge in [0, 0.05) is 50.9 Å². The second kappa shape index (κ2) is 9.33. The molecule has 7 nitrogen and oxygen atoms in total. The summed E-state index contributed by atoms with van der Waals surface area (Å²) < 4.78 is 0. The monoisotopic (exact) mass is 459 g/mol. The van der Waals surface area contributed by atoms with Gasteiger partial charge in [-0.05, 0) is 31.2 Å². The molecule has 0 radical (unpaired) electrons. The third-order valence-corrected chi connectivity index (χ3v) is 4.74. The molecule has 25 heavy (non-hydrogen) atoms. The van der Waals surface area contributed by atoms with Gasteiger partial charge in [0.15, 0.2) is 5.96 Å². The maximum absolute atomic E-state index is 10.8. The number of piperidine rings is 1. The summed E-state index contributed by atoms with van der Waals surface area (Å²) in [6.07, 6.45) is 5.00. The van der Waals surface area contributed by atoms with E-state index in [1.807, 2.05) is 6.07 Å². The van der Waals surface area contributed by atoms with Crippen molar-refractivity contribution in [3.05, 3.63) is 39.9 Å². The molecule has 1 heterocycles. The van der Waals surface area contributed by atoms with Crippen molar-refractivity contribution in [2.75, 3.05) is 20.1 Å². The van der Waals surface area contributed by atoms with Crippen molar-refractivity contribution in [1.82, 2.24) is 15.5 Å². The zero-order valence-electron chi connectivity index (χ0n) is 14.5. The number of hydrogen-bond donors (Lipinski definition) is 2. The number of nitro groups is 1. The SMILES string of the molecule is CN=C(NCc1cccc([N+](=O)[O-])c1)NC1CCN(C2CC2)CC1.I. The molecule has 0 aromatic heterocycles. The summed E-state index contributed by atoms with van der Waals surface area (Å²) in [6, 6.07) is 7.97. The van der Waals surface area contributed by atoms with E-state index in [-0.39, 0.29) is 34.6 Å². The van der Waals surface area contributed by atoms with Crippen LogP contribution in [0.2, 0.25) is 0 Å². The van der Waals surface area contributed by atoms with Gasteiger partial charge in [0.25, 0.3) is 5.69 Å². The number of non-ortho nitro benzene ring substituents is 1. The van der Waals surface area contributed by atoms with Crippen molar-refractivity contribution < 1.29 is 4.92 Å². The highest BCUT2D eigenvalue weighted by molar-refractivity contribution is 14.0. The predicted octanol–water partition coefficient (Wildman–Crippen LogP) is 2.50. The van der Waals surface area contributed by atoms with E-state index in [0.717, 1.165) is 43.5 Å². The molecule has 0 bridgehead atoms. The Morgan fingerprint density at radius 1 is 1.32 bits per heavy atom. The molecular weight excluding hydrogens is 433 g/mol. The van der Waals surface area contributed by atoms with Crippen LogP contribution in [0.4, 0.5) is 5.69 Å². The number of nitro benzene ring substituents is 1. The zero-order valence-corrected chi connectivity index (χ0v) is 16.8. The lowest BCUT2D eigenvalue weighted by atomic mass is 10.1. The first-order valence-electron chi connectivity index (χ1n) is 8.60. The summed E-state index contributed by atoms with van der Waals surface area (Å²) >= 11 is 0. The van der Waals surface area contributed by atoms with Crippen molar-refractivity contribution in [2.45, 2.75) is 44.3 Å². The van der Waals surface area contributed by atoms with Crippen molar-refractivity contribution in [1.29, 1.82) is 0 Å². The summed E-state index contributed by atoms with van der Waals surface area (Å²) in [4.78, 5) is 17.3. The van der Waals surface area contributed by atoms with E-state index in [4.69, 9.17) is 0 Å². The van der Waals surface area contributed by atoms with Gasteiger partial charge in [0.2, 0.25) is 0 Å². The number of nitrogens with one attached hydrogen (secondary N) is 2. The van der Waals surface area contributed by atoms with Crippen molar-refractivity contribution in [3.63, 3.8) is 0 Å². The highest BCUT2D eigenvalue weighted by Gasteiger charge is 2.31. The van der Waals surface area contributed by atoms with Crippen LogP contribution in [0, 0.1) is 10.1 Å². The molecular formula is C17H26IN5O2. The highest BCUT2D eigenvalue weighted by atomic mass is 127. The summed E-state index contributed by atoms with van der Waals surface area (Å²) in [5, 5.41) is 17.6. The fraction of sp³-hybridized carbons (Fsp3) is 0.588. The summed E-state index contributed by atoms with van der Waals surface area (Å²) in [7, 11) is 1.75. The van der Waals surface area contributed by atoms with Crippen LogP contribution in [0.1, 0.15) is 31.2 Å². The van der Waals surface area contributed by atoms with Crippen molar-refractivity contribution in [2.24, 2.45) is 4.99 Å². The summed E-state index contributed by atoms with van der Waals surface area (Å²) in [5.74, 6) is 0.756. The Hall–Kier alpha value is -1.42. The van der Waals surface area contributed by atoms with E-state index >= 15 is 0 Å². The van der Waals surface area contributed by atoms with Gasteiger partial charge in [0.05, 0.1) is 4.92 Å². The fourth-order valence-corrected chi connectivity index (χ4v) is 3.20. The molecule has 1 aliphatic carbocycles. The first-order valence-corrected chi connectivity index (χ1v) is 8.60. The minimum absolute atomic E-state index is 0. The van der Waals surface area contributed by atoms with Gasteiger partial charge >= 0.3 is 0 Å². The van der Waals surface area contributed by atoms with Gasteiger partial charge in [-0.25, -0.2) is 0 Å². The molecule has 2 fully saturated rings. The maximum Gasteiger partial charge on any atom is 0.269 e. The molecule has 2 N–H and O–H groups in total. The molecule has 1 saturated heterocycles. The number of aliphatic imine (C=N–C) groups is 1. The third kappa shape index (κ3) is 5.81. The minimum atomic E-state index is -0.371. The van der Waals surface area contributed by atoms with E-state index in [1.165, 1.54) is 18.9 Å². The molecule has 138 valence electrons. The number of likely N-dealkylation sites (tertiary alicyclic amines) is 1. The van der Waals surface area contributed by atoms with Crippen LogP contribution in [-0.4, -0.2) is 48.0 Å². The Bertz CT molecular complexity index is 613.